The van der Waals surface area contributed by atoms with Gasteiger partial charge in [-0.3, -0.25) is 0 Å². The fourth-order valence-corrected chi connectivity index (χ4v) is 2.79. The Kier molecular flexibility index (Phi) is 6.23. The summed E-state index contributed by atoms with van der Waals surface area (Å²) in [7, 11) is 1.87. The van der Waals surface area contributed by atoms with Crippen LogP contribution in [-0.2, 0) is 7.05 Å². The molecular formula is C23H24N4O. The minimum atomic E-state index is 0.464. The Balaban J connectivity index is 1.79. The van der Waals surface area contributed by atoms with Crippen molar-refractivity contribution in [3.8, 4) is 23.2 Å². The lowest BCUT2D eigenvalue weighted by molar-refractivity contribution is 0.289. The maximum absolute atomic E-state index is 9.64. The van der Waals surface area contributed by atoms with E-state index in [1.807, 2.05) is 72.3 Å². The number of rotatable bonds is 7. The maximum Gasteiger partial charge on any atom is 0.174 e. The Morgan fingerprint density at radius 3 is 2.46 bits per heavy atom. The third kappa shape index (κ3) is 4.66. The summed E-state index contributed by atoms with van der Waals surface area (Å²) in [6.07, 6.45) is 2.84. The number of allylic oxidation sites excluding steroid dienone is 1. The molecule has 5 heteroatoms. The fourth-order valence-electron chi connectivity index (χ4n) is 2.79. The predicted molar refractivity (Wildman–Crippen MR) is 111 cm³/mol. The summed E-state index contributed by atoms with van der Waals surface area (Å²) in [5.74, 6) is 2.72. The molecule has 0 unspecified atom stereocenters. The smallest absolute Gasteiger partial charge is 0.174 e. The van der Waals surface area contributed by atoms with Crippen molar-refractivity contribution in [2.75, 3.05) is 6.61 Å². The third-order valence-electron chi connectivity index (χ3n) is 4.42. The van der Waals surface area contributed by atoms with Gasteiger partial charge < -0.3 is 9.30 Å². The lowest BCUT2D eigenvalue weighted by Gasteiger charge is -2.08. The zero-order chi connectivity index (χ0) is 19.9. The van der Waals surface area contributed by atoms with Crippen molar-refractivity contribution in [2.45, 2.75) is 20.3 Å². The second-order valence-electron chi connectivity index (χ2n) is 7.04. The van der Waals surface area contributed by atoms with E-state index in [0.717, 1.165) is 29.1 Å². The van der Waals surface area contributed by atoms with Crippen LogP contribution in [0.25, 0.3) is 23.0 Å². The van der Waals surface area contributed by atoms with E-state index in [4.69, 9.17) is 4.74 Å². The Morgan fingerprint density at radius 2 is 1.82 bits per heavy atom. The first-order chi connectivity index (χ1) is 13.6. The Hall–Kier alpha value is -3.39. The van der Waals surface area contributed by atoms with Gasteiger partial charge in [0, 0.05) is 12.6 Å². The van der Waals surface area contributed by atoms with E-state index in [9.17, 15) is 5.26 Å². The molecule has 3 aromatic rings. The van der Waals surface area contributed by atoms with Crippen molar-refractivity contribution < 1.29 is 4.74 Å². The quantitative estimate of drug-likeness (QED) is 0.549. The largest absolute Gasteiger partial charge is 0.494 e. The van der Waals surface area contributed by atoms with Crippen LogP contribution in [0.1, 0.15) is 31.7 Å². The van der Waals surface area contributed by atoms with Crippen LogP contribution < -0.4 is 4.74 Å². The van der Waals surface area contributed by atoms with Crippen LogP contribution >= 0.6 is 0 Å². The van der Waals surface area contributed by atoms with Gasteiger partial charge >= 0.3 is 0 Å². The molecule has 0 saturated carbocycles. The highest BCUT2D eigenvalue weighted by Crippen LogP contribution is 2.22. The molecule has 0 bridgehead atoms. The van der Waals surface area contributed by atoms with Gasteiger partial charge in [0.1, 0.15) is 11.8 Å². The minimum absolute atomic E-state index is 0.464. The van der Waals surface area contributed by atoms with Gasteiger partial charge in [0.15, 0.2) is 11.6 Å². The van der Waals surface area contributed by atoms with Gasteiger partial charge in [-0.25, -0.2) is 0 Å². The van der Waals surface area contributed by atoms with Crippen LogP contribution in [0, 0.1) is 17.2 Å². The molecule has 3 rings (SSSR count). The molecule has 2 aromatic carbocycles. The van der Waals surface area contributed by atoms with E-state index >= 15 is 0 Å². The second-order valence-corrected chi connectivity index (χ2v) is 7.04. The molecule has 0 fully saturated rings. The molecule has 0 aliphatic heterocycles. The summed E-state index contributed by atoms with van der Waals surface area (Å²) >= 11 is 0. The van der Waals surface area contributed by atoms with E-state index in [-0.39, 0.29) is 0 Å². The number of hydrogen-bond acceptors (Lipinski definition) is 4. The van der Waals surface area contributed by atoms with E-state index in [0.29, 0.717) is 23.9 Å². The van der Waals surface area contributed by atoms with Crippen molar-refractivity contribution in [3.05, 3.63) is 66.0 Å². The Morgan fingerprint density at radius 1 is 1.11 bits per heavy atom. The molecule has 142 valence electrons. The molecule has 0 radical (unpaired) electrons. The first kappa shape index (κ1) is 19.4. The van der Waals surface area contributed by atoms with E-state index in [1.165, 1.54) is 0 Å². The van der Waals surface area contributed by atoms with Crippen LogP contribution in [0.5, 0.6) is 5.75 Å². The summed E-state index contributed by atoms with van der Waals surface area (Å²) in [5.41, 5.74) is 2.34. The summed E-state index contributed by atoms with van der Waals surface area (Å²) in [6, 6.07) is 19.8. The number of nitrogens with zero attached hydrogens (tertiary/aromatic N) is 4. The average molecular weight is 372 g/mol. The van der Waals surface area contributed by atoms with Crippen molar-refractivity contribution in [2.24, 2.45) is 13.0 Å². The van der Waals surface area contributed by atoms with Gasteiger partial charge in [-0.15, -0.1) is 10.2 Å². The molecule has 0 spiro atoms. The monoisotopic (exact) mass is 372 g/mol. The Bertz CT molecular complexity index is 980. The van der Waals surface area contributed by atoms with Crippen LogP contribution in [-0.4, -0.2) is 21.4 Å². The zero-order valence-electron chi connectivity index (χ0n) is 16.5. The first-order valence-corrected chi connectivity index (χ1v) is 9.38. The second kappa shape index (κ2) is 9.01. The van der Waals surface area contributed by atoms with Gasteiger partial charge in [0.25, 0.3) is 0 Å². The topological polar surface area (TPSA) is 63.7 Å². The highest BCUT2D eigenvalue weighted by molar-refractivity contribution is 5.87. The van der Waals surface area contributed by atoms with E-state index in [2.05, 4.69) is 30.1 Å². The minimum Gasteiger partial charge on any atom is -0.494 e. The first-order valence-electron chi connectivity index (χ1n) is 9.38. The molecular weight excluding hydrogens is 348 g/mol. The molecule has 0 N–H and O–H groups in total. The van der Waals surface area contributed by atoms with Crippen molar-refractivity contribution >= 4 is 11.6 Å². The van der Waals surface area contributed by atoms with Crippen LogP contribution in [0.15, 0.2) is 54.6 Å². The fraction of sp³-hybridized carbons (Fsp3) is 0.261. The van der Waals surface area contributed by atoms with Crippen molar-refractivity contribution in [3.63, 3.8) is 0 Å². The molecule has 0 amide bonds. The average Bonchev–Trinajstić information content (AvgIpc) is 3.09. The van der Waals surface area contributed by atoms with Crippen LogP contribution in [0.4, 0.5) is 0 Å². The molecule has 0 atom stereocenters. The molecule has 0 aliphatic carbocycles. The van der Waals surface area contributed by atoms with E-state index in [1.54, 1.807) is 0 Å². The SMILES string of the molecule is CC(C)CCOc1ccc(/C=C(/C#N)c2nnc(-c3ccccc3)n2C)cc1. The van der Waals surface area contributed by atoms with Crippen molar-refractivity contribution in [1.82, 2.24) is 14.8 Å². The van der Waals surface area contributed by atoms with Gasteiger partial charge in [-0.2, -0.15) is 5.26 Å². The number of hydrogen-bond donors (Lipinski definition) is 0. The van der Waals surface area contributed by atoms with E-state index < -0.39 is 0 Å². The standard InChI is InChI=1S/C23H24N4O/c1-17(2)13-14-28-21-11-9-18(10-12-21)15-20(16-24)23-26-25-22(27(23)3)19-7-5-4-6-8-19/h4-12,15,17H,13-14H2,1-3H3/b20-15-. The van der Waals surface area contributed by atoms with Gasteiger partial charge in [0.2, 0.25) is 0 Å². The number of benzene rings is 2. The normalized spacial score (nSPS) is 11.5. The highest BCUT2D eigenvalue weighted by atomic mass is 16.5. The maximum atomic E-state index is 9.64. The summed E-state index contributed by atoms with van der Waals surface area (Å²) < 4.78 is 7.59. The number of ether oxygens (including phenoxy) is 1. The lowest BCUT2D eigenvalue weighted by atomic mass is 10.1. The van der Waals surface area contributed by atoms with Crippen LogP contribution in [0.2, 0.25) is 0 Å². The molecule has 5 nitrogen and oxygen atoms in total. The third-order valence-corrected chi connectivity index (χ3v) is 4.42. The number of aromatic nitrogens is 3. The summed E-state index contributed by atoms with van der Waals surface area (Å²) in [5, 5.41) is 18.1. The van der Waals surface area contributed by atoms with Crippen LogP contribution in [0.3, 0.4) is 0 Å². The van der Waals surface area contributed by atoms with Gasteiger partial charge in [-0.05, 0) is 36.1 Å². The molecule has 28 heavy (non-hydrogen) atoms. The van der Waals surface area contributed by atoms with Crippen molar-refractivity contribution in [1.29, 1.82) is 5.26 Å². The molecule has 1 aromatic heterocycles. The predicted octanol–water partition coefficient (Wildman–Crippen LogP) is 4.97. The highest BCUT2D eigenvalue weighted by Gasteiger charge is 2.14. The molecule has 0 aliphatic rings. The van der Waals surface area contributed by atoms with Gasteiger partial charge in [0.05, 0.1) is 12.2 Å². The lowest BCUT2D eigenvalue weighted by Crippen LogP contribution is -2.01. The molecule has 0 saturated heterocycles. The summed E-state index contributed by atoms with van der Waals surface area (Å²) in [4.78, 5) is 0. The zero-order valence-corrected chi connectivity index (χ0v) is 16.5. The molecule has 1 heterocycles. The van der Waals surface area contributed by atoms with Gasteiger partial charge in [-0.1, -0.05) is 56.3 Å². The number of nitriles is 1. The summed E-state index contributed by atoms with van der Waals surface area (Å²) in [6.45, 7) is 5.06. The Labute approximate surface area is 165 Å².